The second-order valence-corrected chi connectivity index (χ2v) is 5.60. The van der Waals surface area contributed by atoms with Crippen LogP contribution in [0.4, 0.5) is 5.69 Å². The second kappa shape index (κ2) is 6.24. The molecule has 2 heteroatoms. The van der Waals surface area contributed by atoms with Crippen LogP contribution in [0.5, 0.6) is 0 Å². The molecule has 2 nitrogen and oxygen atoms in total. The summed E-state index contributed by atoms with van der Waals surface area (Å²) >= 11 is 0. The Morgan fingerprint density at radius 1 is 1.28 bits per heavy atom. The molecule has 1 N–H and O–H groups in total. The molecule has 2 rings (SSSR count). The molecule has 1 aromatic carbocycles. The maximum Gasteiger partial charge on any atom is 0.0412 e. The highest BCUT2D eigenvalue weighted by molar-refractivity contribution is 5.54. The zero-order chi connectivity index (χ0) is 13.0. The van der Waals surface area contributed by atoms with E-state index in [9.17, 15) is 0 Å². The molecule has 1 fully saturated rings. The highest BCUT2D eigenvalue weighted by atomic mass is 15.1. The fraction of sp³-hybridized carbons (Fsp3) is 0.625. The second-order valence-electron chi connectivity index (χ2n) is 5.60. The highest BCUT2D eigenvalue weighted by Crippen LogP contribution is 2.30. The third-order valence-corrected chi connectivity index (χ3v) is 4.25. The molecule has 1 aromatic rings. The first-order valence-electron chi connectivity index (χ1n) is 7.19. The molecule has 1 saturated carbocycles. The van der Waals surface area contributed by atoms with Crippen LogP contribution in [0, 0.1) is 5.92 Å². The van der Waals surface area contributed by atoms with Crippen molar-refractivity contribution in [2.24, 2.45) is 5.92 Å². The number of para-hydroxylation sites is 1. The maximum atomic E-state index is 3.34. The molecule has 100 valence electrons. The molecule has 0 heterocycles. The van der Waals surface area contributed by atoms with Gasteiger partial charge in [0.05, 0.1) is 0 Å². The van der Waals surface area contributed by atoms with E-state index in [1.165, 1.54) is 43.5 Å². The van der Waals surface area contributed by atoms with Gasteiger partial charge in [-0.15, -0.1) is 0 Å². The molecule has 0 saturated heterocycles. The summed E-state index contributed by atoms with van der Waals surface area (Å²) in [5.41, 5.74) is 2.78. The third kappa shape index (κ3) is 3.05. The molecule has 0 amide bonds. The zero-order valence-electron chi connectivity index (χ0n) is 11.9. The Kier molecular flexibility index (Phi) is 4.65. The lowest BCUT2D eigenvalue weighted by molar-refractivity contribution is 0.544. The molecule has 1 unspecified atom stereocenters. The summed E-state index contributed by atoms with van der Waals surface area (Å²) in [4.78, 5) is 2.44. The van der Waals surface area contributed by atoms with Crippen LogP contribution in [0.15, 0.2) is 24.3 Å². The minimum absolute atomic E-state index is 0.409. The molecule has 0 aliphatic heterocycles. The van der Waals surface area contributed by atoms with Gasteiger partial charge in [-0.2, -0.15) is 0 Å². The van der Waals surface area contributed by atoms with Gasteiger partial charge in [0.25, 0.3) is 0 Å². The Morgan fingerprint density at radius 3 is 2.61 bits per heavy atom. The minimum atomic E-state index is 0.409. The number of nitrogens with zero attached hydrogens (tertiary/aromatic N) is 1. The van der Waals surface area contributed by atoms with Crippen LogP contribution in [0.25, 0.3) is 0 Å². The topological polar surface area (TPSA) is 15.3 Å². The van der Waals surface area contributed by atoms with Crippen molar-refractivity contribution < 1.29 is 0 Å². The smallest absolute Gasteiger partial charge is 0.0412 e. The summed E-state index contributed by atoms with van der Waals surface area (Å²) < 4.78 is 0. The van der Waals surface area contributed by atoms with Crippen LogP contribution >= 0.6 is 0 Å². The molecule has 0 aromatic heterocycles. The Hall–Kier alpha value is -1.02. The summed E-state index contributed by atoms with van der Waals surface area (Å²) in [5.74, 6) is 0.896. The Bertz CT molecular complexity index is 369. The van der Waals surface area contributed by atoms with Gasteiger partial charge in [0.1, 0.15) is 0 Å². The van der Waals surface area contributed by atoms with Crippen molar-refractivity contribution in [3.05, 3.63) is 29.8 Å². The van der Waals surface area contributed by atoms with Gasteiger partial charge in [-0.3, -0.25) is 0 Å². The van der Waals surface area contributed by atoms with E-state index in [1.807, 2.05) is 7.05 Å². The molecule has 1 aliphatic carbocycles. The van der Waals surface area contributed by atoms with Gasteiger partial charge in [0.2, 0.25) is 0 Å². The summed E-state index contributed by atoms with van der Waals surface area (Å²) in [6.45, 7) is 3.43. The van der Waals surface area contributed by atoms with Crippen molar-refractivity contribution in [3.63, 3.8) is 0 Å². The number of hydrogen-bond acceptors (Lipinski definition) is 2. The van der Waals surface area contributed by atoms with Crippen molar-refractivity contribution in [1.29, 1.82) is 0 Å². The van der Waals surface area contributed by atoms with Gasteiger partial charge in [-0.25, -0.2) is 0 Å². The molecule has 0 bridgehead atoms. The average molecular weight is 246 g/mol. The molecule has 1 aliphatic rings. The predicted molar refractivity (Wildman–Crippen MR) is 79.1 cm³/mol. The maximum absolute atomic E-state index is 3.34. The third-order valence-electron chi connectivity index (χ3n) is 4.25. The Labute approximate surface area is 111 Å². The SMILES string of the molecule is CNC(C)c1ccccc1N(C)CC1CCCC1. The summed E-state index contributed by atoms with van der Waals surface area (Å²) in [6, 6.07) is 9.18. The molecular formula is C16H26N2. The number of hydrogen-bond donors (Lipinski definition) is 1. The van der Waals surface area contributed by atoms with Crippen molar-refractivity contribution in [3.8, 4) is 0 Å². The summed E-state index contributed by atoms with van der Waals surface area (Å²) in [5, 5.41) is 3.34. The van der Waals surface area contributed by atoms with Gasteiger partial charge >= 0.3 is 0 Å². The molecule has 0 radical (unpaired) electrons. The number of benzene rings is 1. The molecule has 0 spiro atoms. The first kappa shape index (κ1) is 13.4. The quantitative estimate of drug-likeness (QED) is 0.854. The van der Waals surface area contributed by atoms with Gasteiger partial charge in [-0.05, 0) is 44.4 Å². The average Bonchev–Trinajstić information content (AvgIpc) is 2.90. The standard InChI is InChI=1S/C16H26N2/c1-13(17-2)15-10-6-7-11-16(15)18(3)12-14-8-4-5-9-14/h6-7,10-11,13-14,17H,4-5,8-9,12H2,1-3H3. The fourth-order valence-corrected chi connectivity index (χ4v) is 3.04. The van der Waals surface area contributed by atoms with Crippen LogP contribution in [0.2, 0.25) is 0 Å². The summed E-state index contributed by atoms with van der Waals surface area (Å²) in [6.07, 6.45) is 5.67. The molecule has 1 atom stereocenters. The van der Waals surface area contributed by atoms with E-state index in [0.29, 0.717) is 6.04 Å². The van der Waals surface area contributed by atoms with Crippen LogP contribution < -0.4 is 10.2 Å². The number of rotatable bonds is 5. The van der Waals surface area contributed by atoms with Crippen LogP contribution in [-0.4, -0.2) is 20.6 Å². The zero-order valence-corrected chi connectivity index (χ0v) is 11.9. The van der Waals surface area contributed by atoms with Crippen molar-refractivity contribution in [2.45, 2.75) is 38.6 Å². The normalized spacial score (nSPS) is 17.9. The first-order valence-corrected chi connectivity index (χ1v) is 7.19. The molecule has 18 heavy (non-hydrogen) atoms. The predicted octanol–water partition coefficient (Wildman–Crippen LogP) is 3.59. The fourth-order valence-electron chi connectivity index (χ4n) is 3.04. The van der Waals surface area contributed by atoms with Gasteiger partial charge in [-0.1, -0.05) is 31.0 Å². The van der Waals surface area contributed by atoms with Crippen molar-refractivity contribution in [1.82, 2.24) is 5.32 Å². The van der Waals surface area contributed by atoms with Gasteiger partial charge < -0.3 is 10.2 Å². The monoisotopic (exact) mass is 246 g/mol. The lowest BCUT2D eigenvalue weighted by Crippen LogP contribution is -2.26. The number of nitrogens with one attached hydrogen (secondary N) is 1. The van der Waals surface area contributed by atoms with E-state index in [0.717, 1.165) is 5.92 Å². The van der Waals surface area contributed by atoms with Crippen LogP contribution in [0.1, 0.15) is 44.2 Å². The summed E-state index contributed by atoms with van der Waals surface area (Å²) in [7, 11) is 4.26. The minimum Gasteiger partial charge on any atom is -0.374 e. The molecular weight excluding hydrogens is 220 g/mol. The van der Waals surface area contributed by atoms with Crippen LogP contribution in [-0.2, 0) is 0 Å². The van der Waals surface area contributed by atoms with Crippen molar-refractivity contribution in [2.75, 3.05) is 25.5 Å². The highest BCUT2D eigenvalue weighted by Gasteiger charge is 2.19. The van der Waals surface area contributed by atoms with Gasteiger partial charge in [0.15, 0.2) is 0 Å². The van der Waals surface area contributed by atoms with Gasteiger partial charge in [0, 0.05) is 25.3 Å². The largest absolute Gasteiger partial charge is 0.374 e. The Balaban J connectivity index is 2.10. The van der Waals surface area contributed by atoms with E-state index in [4.69, 9.17) is 0 Å². The Morgan fingerprint density at radius 2 is 1.94 bits per heavy atom. The van der Waals surface area contributed by atoms with Crippen molar-refractivity contribution >= 4 is 5.69 Å². The van der Waals surface area contributed by atoms with E-state index in [2.05, 4.69) is 48.5 Å². The lowest BCUT2D eigenvalue weighted by Gasteiger charge is -2.27. The first-order chi connectivity index (χ1) is 8.72. The van der Waals surface area contributed by atoms with E-state index >= 15 is 0 Å². The van der Waals surface area contributed by atoms with E-state index in [1.54, 1.807) is 0 Å². The number of anilines is 1. The van der Waals surface area contributed by atoms with E-state index in [-0.39, 0.29) is 0 Å². The lowest BCUT2D eigenvalue weighted by atomic mass is 10.0. The van der Waals surface area contributed by atoms with Crippen LogP contribution in [0.3, 0.4) is 0 Å². The van der Waals surface area contributed by atoms with E-state index < -0.39 is 0 Å².